The van der Waals surface area contributed by atoms with Crippen molar-refractivity contribution in [2.24, 2.45) is 5.10 Å². The molecule has 0 unspecified atom stereocenters. The summed E-state index contributed by atoms with van der Waals surface area (Å²) in [4.78, 5) is 0. The van der Waals surface area contributed by atoms with E-state index in [-0.39, 0.29) is 0 Å². The molecule has 0 bridgehead atoms. The van der Waals surface area contributed by atoms with E-state index >= 15 is 0 Å². The highest BCUT2D eigenvalue weighted by atomic mass is 32.1. The molecular weight excluding hydrogens is 402 g/mol. The fourth-order valence-electron chi connectivity index (χ4n) is 2.53. The van der Waals surface area contributed by atoms with Crippen molar-refractivity contribution in [3.8, 4) is 23.0 Å². The van der Waals surface area contributed by atoms with Gasteiger partial charge in [0.05, 0.1) is 20.4 Å². The molecule has 2 N–H and O–H groups in total. The molecular formula is C22H27N3O4S. The van der Waals surface area contributed by atoms with Gasteiger partial charge in [0.15, 0.2) is 28.1 Å². The number of rotatable bonds is 11. The SMILES string of the molecule is C=CCc1ccc(OCCOc2ccc(/C=N\NC(=S)NC)cc2OC)c(OC)c1. The van der Waals surface area contributed by atoms with Gasteiger partial charge in [0.25, 0.3) is 0 Å². The Hall–Kier alpha value is -3.26. The predicted molar refractivity (Wildman–Crippen MR) is 123 cm³/mol. The van der Waals surface area contributed by atoms with E-state index in [1.54, 1.807) is 27.5 Å². The summed E-state index contributed by atoms with van der Waals surface area (Å²) >= 11 is 4.96. The lowest BCUT2D eigenvalue weighted by Gasteiger charge is -2.14. The maximum absolute atomic E-state index is 5.81. The minimum atomic E-state index is 0.347. The second kappa shape index (κ2) is 12.3. The number of methoxy groups -OCH3 is 2. The quantitative estimate of drug-likeness (QED) is 0.187. The molecule has 8 heteroatoms. The summed E-state index contributed by atoms with van der Waals surface area (Å²) in [6, 6.07) is 11.3. The summed E-state index contributed by atoms with van der Waals surface area (Å²) in [5.41, 5.74) is 4.65. The first-order chi connectivity index (χ1) is 14.6. The van der Waals surface area contributed by atoms with Crippen molar-refractivity contribution in [1.82, 2.24) is 10.7 Å². The Morgan fingerprint density at radius 1 is 1.00 bits per heavy atom. The zero-order chi connectivity index (χ0) is 21.8. The summed E-state index contributed by atoms with van der Waals surface area (Å²) in [7, 11) is 4.93. The largest absolute Gasteiger partial charge is 0.493 e. The van der Waals surface area contributed by atoms with Gasteiger partial charge in [-0.25, -0.2) is 0 Å². The van der Waals surface area contributed by atoms with Crippen LogP contribution >= 0.6 is 12.2 Å². The van der Waals surface area contributed by atoms with Gasteiger partial charge in [-0.1, -0.05) is 12.1 Å². The highest BCUT2D eigenvalue weighted by molar-refractivity contribution is 7.80. The molecule has 0 aliphatic rings. The van der Waals surface area contributed by atoms with Crippen LogP contribution in [0.3, 0.4) is 0 Å². The Labute approximate surface area is 182 Å². The van der Waals surface area contributed by atoms with Gasteiger partial charge in [-0.05, 0) is 60.1 Å². The molecule has 0 aliphatic heterocycles. The minimum absolute atomic E-state index is 0.347. The van der Waals surface area contributed by atoms with Gasteiger partial charge in [-0.15, -0.1) is 6.58 Å². The molecule has 0 heterocycles. The van der Waals surface area contributed by atoms with Gasteiger partial charge < -0.3 is 24.3 Å². The van der Waals surface area contributed by atoms with Crippen LogP contribution in [0.15, 0.2) is 54.2 Å². The van der Waals surface area contributed by atoms with Gasteiger partial charge in [0.1, 0.15) is 13.2 Å². The number of ether oxygens (including phenoxy) is 4. The van der Waals surface area contributed by atoms with Crippen LogP contribution in [-0.4, -0.2) is 45.8 Å². The Kier molecular flexibility index (Phi) is 9.47. The van der Waals surface area contributed by atoms with E-state index in [1.807, 2.05) is 42.5 Å². The summed E-state index contributed by atoms with van der Waals surface area (Å²) in [6.45, 7) is 4.45. The Morgan fingerprint density at radius 3 is 2.23 bits per heavy atom. The Bertz CT molecular complexity index is 887. The summed E-state index contributed by atoms with van der Waals surface area (Å²) in [6.07, 6.45) is 4.27. The summed E-state index contributed by atoms with van der Waals surface area (Å²) in [5.74, 6) is 2.56. The van der Waals surface area contributed by atoms with E-state index in [4.69, 9.17) is 31.2 Å². The Balaban J connectivity index is 1.91. The fourth-order valence-corrected chi connectivity index (χ4v) is 2.59. The molecule has 0 saturated carbocycles. The maximum Gasteiger partial charge on any atom is 0.186 e. The van der Waals surface area contributed by atoms with Gasteiger partial charge in [0, 0.05) is 7.05 Å². The van der Waals surface area contributed by atoms with Crippen LogP contribution in [0.25, 0.3) is 0 Å². The van der Waals surface area contributed by atoms with E-state index in [0.717, 1.165) is 17.5 Å². The molecule has 30 heavy (non-hydrogen) atoms. The zero-order valence-corrected chi connectivity index (χ0v) is 18.3. The first kappa shape index (κ1) is 23.0. The molecule has 0 saturated heterocycles. The smallest absolute Gasteiger partial charge is 0.186 e. The molecule has 0 fully saturated rings. The van der Waals surface area contributed by atoms with Crippen molar-refractivity contribution in [2.45, 2.75) is 6.42 Å². The average molecular weight is 430 g/mol. The molecule has 7 nitrogen and oxygen atoms in total. The van der Waals surface area contributed by atoms with Crippen molar-refractivity contribution in [3.05, 3.63) is 60.2 Å². The fraction of sp³-hybridized carbons (Fsp3) is 0.273. The van der Waals surface area contributed by atoms with Crippen molar-refractivity contribution < 1.29 is 18.9 Å². The van der Waals surface area contributed by atoms with Gasteiger partial charge >= 0.3 is 0 Å². The number of hydrazone groups is 1. The molecule has 2 aromatic rings. The van der Waals surface area contributed by atoms with E-state index in [1.165, 1.54) is 0 Å². The van der Waals surface area contributed by atoms with Crippen LogP contribution in [0.1, 0.15) is 11.1 Å². The van der Waals surface area contributed by atoms with Crippen LogP contribution in [0, 0.1) is 0 Å². The molecule has 160 valence electrons. The van der Waals surface area contributed by atoms with Crippen molar-refractivity contribution in [2.75, 3.05) is 34.5 Å². The summed E-state index contributed by atoms with van der Waals surface area (Å²) in [5, 5.41) is 7.26. The van der Waals surface area contributed by atoms with E-state index in [2.05, 4.69) is 22.4 Å². The van der Waals surface area contributed by atoms with Crippen LogP contribution in [0.2, 0.25) is 0 Å². The first-order valence-corrected chi connectivity index (χ1v) is 9.74. The number of benzene rings is 2. The third-order valence-corrected chi connectivity index (χ3v) is 4.30. The van der Waals surface area contributed by atoms with Gasteiger partial charge in [-0.3, -0.25) is 5.43 Å². The topological polar surface area (TPSA) is 73.3 Å². The number of allylic oxidation sites excluding steroid dienone is 1. The average Bonchev–Trinajstić information content (AvgIpc) is 2.77. The third kappa shape index (κ3) is 6.97. The molecule has 0 amide bonds. The lowest BCUT2D eigenvalue weighted by molar-refractivity contribution is 0.206. The molecule has 0 aliphatic carbocycles. The lowest BCUT2D eigenvalue weighted by atomic mass is 10.1. The van der Waals surface area contributed by atoms with Crippen LogP contribution in [-0.2, 0) is 6.42 Å². The van der Waals surface area contributed by atoms with E-state index in [9.17, 15) is 0 Å². The number of hydrogen-bond donors (Lipinski definition) is 2. The van der Waals surface area contributed by atoms with E-state index in [0.29, 0.717) is 41.3 Å². The molecule has 0 atom stereocenters. The Morgan fingerprint density at radius 2 is 1.63 bits per heavy atom. The molecule has 2 aromatic carbocycles. The number of nitrogens with zero attached hydrogens (tertiary/aromatic N) is 1. The zero-order valence-electron chi connectivity index (χ0n) is 17.4. The van der Waals surface area contributed by atoms with Gasteiger partial charge in [-0.2, -0.15) is 5.10 Å². The van der Waals surface area contributed by atoms with Crippen LogP contribution in [0.4, 0.5) is 0 Å². The molecule has 0 radical (unpaired) electrons. The third-order valence-electron chi connectivity index (χ3n) is 4.00. The first-order valence-electron chi connectivity index (χ1n) is 9.33. The normalized spacial score (nSPS) is 10.4. The minimum Gasteiger partial charge on any atom is -0.493 e. The highest BCUT2D eigenvalue weighted by Gasteiger charge is 2.08. The summed E-state index contributed by atoms with van der Waals surface area (Å²) < 4.78 is 22.4. The van der Waals surface area contributed by atoms with E-state index < -0.39 is 0 Å². The highest BCUT2D eigenvalue weighted by Crippen LogP contribution is 2.29. The number of hydrogen-bond acceptors (Lipinski definition) is 6. The van der Waals surface area contributed by atoms with Gasteiger partial charge in [0.2, 0.25) is 0 Å². The van der Waals surface area contributed by atoms with Crippen LogP contribution < -0.4 is 29.7 Å². The van der Waals surface area contributed by atoms with Crippen molar-refractivity contribution >= 4 is 23.5 Å². The predicted octanol–water partition coefficient (Wildman–Crippen LogP) is 3.32. The second-order valence-corrected chi connectivity index (χ2v) is 6.44. The maximum atomic E-state index is 5.81. The molecule has 0 aromatic heterocycles. The van der Waals surface area contributed by atoms with Crippen molar-refractivity contribution in [1.29, 1.82) is 0 Å². The molecule has 2 rings (SSSR count). The monoisotopic (exact) mass is 429 g/mol. The molecule has 0 spiro atoms. The van der Waals surface area contributed by atoms with Crippen molar-refractivity contribution in [3.63, 3.8) is 0 Å². The number of thiocarbonyl (C=S) groups is 1. The standard InChI is InChI=1S/C22H27N3O4S/c1-5-6-16-7-9-18(20(13-16)26-3)28-11-12-29-19-10-8-17(14-21(19)27-4)15-24-25-22(30)23-2/h5,7-10,13-15H,1,6,11-12H2,2-4H3,(H2,23,25,30)/b24-15-. The van der Waals surface area contributed by atoms with Crippen LogP contribution in [0.5, 0.6) is 23.0 Å². The second-order valence-electron chi connectivity index (χ2n) is 6.03. The lowest BCUT2D eigenvalue weighted by Crippen LogP contribution is -2.28. The number of nitrogens with one attached hydrogen (secondary N) is 2.